The number of aromatic nitrogens is 1. The Morgan fingerprint density at radius 3 is 3.00 bits per heavy atom. The molecule has 0 saturated carbocycles. The fourth-order valence-corrected chi connectivity index (χ4v) is 1.38. The molecule has 0 radical (unpaired) electrons. The van der Waals surface area contributed by atoms with Crippen molar-refractivity contribution in [2.45, 2.75) is 6.92 Å². The highest BCUT2D eigenvalue weighted by Crippen LogP contribution is 2.23. The summed E-state index contributed by atoms with van der Waals surface area (Å²) in [6.07, 6.45) is 0. The fraction of sp³-hybridized carbons (Fsp3) is 0.167. The summed E-state index contributed by atoms with van der Waals surface area (Å²) in [5.41, 5.74) is 1.51. The van der Waals surface area contributed by atoms with Gasteiger partial charge in [-0.15, -0.1) is 0 Å². The van der Waals surface area contributed by atoms with Crippen molar-refractivity contribution < 1.29 is 9.26 Å². The molecule has 0 fully saturated rings. The zero-order valence-corrected chi connectivity index (χ0v) is 8.80. The lowest BCUT2D eigenvalue weighted by atomic mass is 10.1. The van der Waals surface area contributed by atoms with Crippen molar-refractivity contribution in [3.63, 3.8) is 0 Å². The lowest BCUT2D eigenvalue weighted by Gasteiger charge is -2.03. The Morgan fingerprint density at radius 2 is 2.31 bits per heavy atom. The second kappa shape index (κ2) is 4.49. The minimum atomic E-state index is 0.205. The van der Waals surface area contributed by atoms with Crippen LogP contribution in [0, 0.1) is 11.3 Å². The molecular formula is C12H10N2O2. The van der Waals surface area contributed by atoms with Crippen LogP contribution in [0.1, 0.15) is 12.7 Å². The molecule has 0 N–H and O–H groups in total. The third-order valence-electron chi connectivity index (χ3n) is 2.06. The molecule has 0 aliphatic heterocycles. The number of nitrogens with zero attached hydrogens (tertiary/aromatic N) is 2. The van der Waals surface area contributed by atoms with Gasteiger partial charge >= 0.3 is 0 Å². The van der Waals surface area contributed by atoms with Crippen molar-refractivity contribution in [2.24, 2.45) is 0 Å². The molecule has 0 unspecified atom stereocenters. The van der Waals surface area contributed by atoms with Gasteiger partial charge in [0.1, 0.15) is 17.5 Å². The topological polar surface area (TPSA) is 59.0 Å². The number of rotatable bonds is 3. The number of hydrogen-bond donors (Lipinski definition) is 0. The van der Waals surface area contributed by atoms with E-state index in [9.17, 15) is 0 Å². The predicted octanol–water partition coefficient (Wildman–Crippen LogP) is 2.61. The van der Waals surface area contributed by atoms with Gasteiger partial charge in [-0.2, -0.15) is 5.26 Å². The molecule has 0 aliphatic carbocycles. The molecule has 0 spiro atoms. The lowest BCUT2D eigenvalue weighted by molar-refractivity contribution is 0.340. The van der Waals surface area contributed by atoms with Crippen LogP contribution in [0.25, 0.3) is 11.3 Å². The van der Waals surface area contributed by atoms with Crippen LogP contribution >= 0.6 is 0 Å². The largest absolute Gasteiger partial charge is 0.494 e. The molecule has 1 aromatic heterocycles. The van der Waals surface area contributed by atoms with E-state index in [0.29, 0.717) is 12.3 Å². The van der Waals surface area contributed by atoms with Crippen molar-refractivity contribution in [3.05, 3.63) is 36.1 Å². The summed E-state index contributed by atoms with van der Waals surface area (Å²) < 4.78 is 10.2. The van der Waals surface area contributed by atoms with Crippen LogP contribution < -0.4 is 4.74 Å². The van der Waals surface area contributed by atoms with Gasteiger partial charge in [0.15, 0.2) is 0 Å². The molecule has 0 atom stereocenters. The summed E-state index contributed by atoms with van der Waals surface area (Å²) in [5, 5.41) is 12.4. The molecule has 4 nitrogen and oxygen atoms in total. The number of hydrogen-bond acceptors (Lipinski definition) is 4. The normalized spacial score (nSPS) is 9.75. The summed E-state index contributed by atoms with van der Waals surface area (Å²) in [6, 6.07) is 11.0. The maximum atomic E-state index is 8.63. The van der Waals surface area contributed by atoms with Gasteiger partial charge in [0, 0.05) is 11.6 Å². The lowest BCUT2D eigenvalue weighted by Crippen LogP contribution is -1.91. The van der Waals surface area contributed by atoms with Gasteiger partial charge in [-0.1, -0.05) is 17.3 Å². The molecule has 1 aromatic carbocycles. The van der Waals surface area contributed by atoms with E-state index in [0.717, 1.165) is 11.3 Å². The zero-order chi connectivity index (χ0) is 11.4. The van der Waals surface area contributed by atoms with E-state index in [4.69, 9.17) is 14.5 Å². The van der Waals surface area contributed by atoms with Crippen molar-refractivity contribution >= 4 is 0 Å². The minimum Gasteiger partial charge on any atom is -0.494 e. The Balaban J connectivity index is 2.33. The minimum absolute atomic E-state index is 0.205. The summed E-state index contributed by atoms with van der Waals surface area (Å²) in [5.74, 6) is 0.985. The summed E-state index contributed by atoms with van der Waals surface area (Å²) in [4.78, 5) is 0. The predicted molar refractivity (Wildman–Crippen MR) is 57.8 cm³/mol. The monoisotopic (exact) mass is 214 g/mol. The summed E-state index contributed by atoms with van der Waals surface area (Å²) in [6.45, 7) is 2.54. The first-order valence-corrected chi connectivity index (χ1v) is 4.93. The second-order valence-electron chi connectivity index (χ2n) is 3.15. The van der Waals surface area contributed by atoms with E-state index in [1.807, 2.05) is 37.3 Å². The standard InChI is InChI=1S/C12H10N2O2/c1-2-15-10-5-3-4-9(6-10)12-7-11(8-13)16-14-12/h3-7H,2H2,1H3. The van der Waals surface area contributed by atoms with Gasteiger partial charge in [0.05, 0.1) is 6.61 Å². The molecular weight excluding hydrogens is 204 g/mol. The summed E-state index contributed by atoms with van der Waals surface area (Å²) >= 11 is 0. The molecule has 2 rings (SSSR count). The van der Waals surface area contributed by atoms with Crippen LogP contribution in [0.5, 0.6) is 5.75 Å². The second-order valence-corrected chi connectivity index (χ2v) is 3.15. The van der Waals surface area contributed by atoms with Gasteiger partial charge in [0.25, 0.3) is 0 Å². The summed E-state index contributed by atoms with van der Waals surface area (Å²) in [7, 11) is 0. The molecule has 80 valence electrons. The molecule has 4 heteroatoms. The van der Waals surface area contributed by atoms with E-state index >= 15 is 0 Å². The average molecular weight is 214 g/mol. The van der Waals surface area contributed by atoms with E-state index in [2.05, 4.69) is 5.16 Å². The van der Waals surface area contributed by atoms with E-state index in [-0.39, 0.29) is 5.76 Å². The number of benzene rings is 1. The average Bonchev–Trinajstić information content (AvgIpc) is 2.78. The highest BCUT2D eigenvalue weighted by Gasteiger charge is 2.06. The van der Waals surface area contributed by atoms with Crippen LogP contribution in [-0.4, -0.2) is 11.8 Å². The zero-order valence-electron chi connectivity index (χ0n) is 8.80. The highest BCUT2D eigenvalue weighted by atomic mass is 16.5. The Hall–Kier alpha value is -2.28. The highest BCUT2D eigenvalue weighted by molar-refractivity contribution is 5.61. The van der Waals surface area contributed by atoms with Crippen molar-refractivity contribution in [1.82, 2.24) is 5.16 Å². The van der Waals surface area contributed by atoms with Crippen molar-refractivity contribution in [3.8, 4) is 23.1 Å². The first-order valence-electron chi connectivity index (χ1n) is 4.93. The molecule has 2 aromatic rings. The number of nitriles is 1. The first-order chi connectivity index (χ1) is 7.83. The first kappa shape index (κ1) is 10.2. The maximum Gasteiger partial charge on any atom is 0.236 e. The Bertz CT molecular complexity index is 526. The molecule has 1 heterocycles. The molecule has 0 bridgehead atoms. The van der Waals surface area contributed by atoms with E-state index in [1.54, 1.807) is 6.07 Å². The Morgan fingerprint density at radius 1 is 1.44 bits per heavy atom. The third kappa shape index (κ3) is 2.04. The quantitative estimate of drug-likeness (QED) is 0.787. The maximum absolute atomic E-state index is 8.63. The van der Waals surface area contributed by atoms with Crippen LogP contribution in [0.4, 0.5) is 0 Å². The van der Waals surface area contributed by atoms with Gasteiger partial charge in [-0.05, 0) is 19.1 Å². The van der Waals surface area contributed by atoms with Crippen molar-refractivity contribution in [1.29, 1.82) is 5.26 Å². The molecule has 0 aliphatic rings. The van der Waals surface area contributed by atoms with Crippen LogP contribution in [0.2, 0.25) is 0 Å². The van der Waals surface area contributed by atoms with E-state index < -0.39 is 0 Å². The Kier molecular flexibility index (Phi) is 2.88. The Labute approximate surface area is 93.1 Å². The van der Waals surface area contributed by atoms with Crippen LogP contribution in [0.15, 0.2) is 34.9 Å². The third-order valence-corrected chi connectivity index (χ3v) is 2.06. The van der Waals surface area contributed by atoms with Gasteiger partial charge in [0.2, 0.25) is 5.76 Å². The van der Waals surface area contributed by atoms with Crippen LogP contribution in [-0.2, 0) is 0 Å². The smallest absolute Gasteiger partial charge is 0.236 e. The molecule has 16 heavy (non-hydrogen) atoms. The van der Waals surface area contributed by atoms with Crippen molar-refractivity contribution in [2.75, 3.05) is 6.61 Å². The van der Waals surface area contributed by atoms with Gasteiger partial charge < -0.3 is 9.26 Å². The van der Waals surface area contributed by atoms with Gasteiger partial charge in [-0.25, -0.2) is 0 Å². The SMILES string of the molecule is CCOc1cccc(-c2cc(C#N)on2)c1. The van der Waals surface area contributed by atoms with E-state index in [1.165, 1.54) is 0 Å². The fourth-order valence-electron chi connectivity index (χ4n) is 1.38. The number of ether oxygens (including phenoxy) is 1. The van der Waals surface area contributed by atoms with Crippen LogP contribution in [0.3, 0.4) is 0 Å². The van der Waals surface area contributed by atoms with Gasteiger partial charge in [-0.3, -0.25) is 0 Å². The molecule has 0 amide bonds. The molecule has 0 saturated heterocycles.